The molecule has 0 radical (unpaired) electrons. The fourth-order valence-electron chi connectivity index (χ4n) is 3.07. The van der Waals surface area contributed by atoms with Crippen molar-refractivity contribution < 1.29 is 9.32 Å². The van der Waals surface area contributed by atoms with Crippen LogP contribution in [0.15, 0.2) is 53.1 Å². The number of benzene rings is 2. The molecule has 0 aliphatic heterocycles. The zero-order valence-corrected chi connectivity index (χ0v) is 17.8. The molecule has 0 unspecified atom stereocenters. The van der Waals surface area contributed by atoms with E-state index in [2.05, 4.69) is 36.1 Å². The summed E-state index contributed by atoms with van der Waals surface area (Å²) in [6, 6.07) is 15.7. The molecule has 0 N–H and O–H groups in total. The number of hydrogen-bond donors (Lipinski definition) is 0. The first kappa shape index (κ1) is 21.1. The van der Waals surface area contributed by atoms with Gasteiger partial charge in [-0.2, -0.15) is 4.98 Å². The van der Waals surface area contributed by atoms with Crippen molar-refractivity contribution in [2.45, 2.75) is 46.1 Å². The van der Waals surface area contributed by atoms with E-state index in [0.29, 0.717) is 48.6 Å². The van der Waals surface area contributed by atoms with E-state index in [0.717, 1.165) is 11.1 Å². The standard InChI is InChI=1S/C23H26ClN3O2/c1-4-27(15-19-7-5-6-8-20(19)24)22(28)14-13-21-25-23(26-29-21)18-11-9-17(10-12-18)16(2)3/h5-12,16H,4,13-15H2,1-3H3. The molecule has 152 valence electrons. The van der Waals surface area contributed by atoms with Crippen molar-refractivity contribution in [2.75, 3.05) is 6.54 Å². The molecule has 29 heavy (non-hydrogen) atoms. The predicted molar refractivity (Wildman–Crippen MR) is 115 cm³/mol. The molecule has 0 bridgehead atoms. The highest BCUT2D eigenvalue weighted by Gasteiger charge is 2.16. The number of halogens is 1. The molecule has 6 heteroatoms. The minimum absolute atomic E-state index is 0.0356. The molecule has 3 aromatic rings. The average Bonchev–Trinajstić information content (AvgIpc) is 3.20. The van der Waals surface area contributed by atoms with Gasteiger partial charge in [0.15, 0.2) is 0 Å². The largest absolute Gasteiger partial charge is 0.339 e. The van der Waals surface area contributed by atoms with Gasteiger partial charge in [-0.3, -0.25) is 4.79 Å². The zero-order valence-electron chi connectivity index (χ0n) is 17.1. The maximum Gasteiger partial charge on any atom is 0.227 e. The van der Waals surface area contributed by atoms with Crippen molar-refractivity contribution in [3.63, 3.8) is 0 Å². The van der Waals surface area contributed by atoms with Crippen LogP contribution in [-0.4, -0.2) is 27.5 Å². The van der Waals surface area contributed by atoms with Crippen molar-refractivity contribution in [3.8, 4) is 11.4 Å². The lowest BCUT2D eigenvalue weighted by Gasteiger charge is -2.21. The Balaban J connectivity index is 1.59. The van der Waals surface area contributed by atoms with E-state index in [1.165, 1.54) is 5.56 Å². The van der Waals surface area contributed by atoms with Gasteiger partial charge < -0.3 is 9.42 Å². The van der Waals surface area contributed by atoms with Crippen molar-refractivity contribution >= 4 is 17.5 Å². The van der Waals surface area contributed by atoms with E-state index in [1.54, 1.807) is 4.90 Å². The van der Waals surface area contributed by atoms with Crippen molar-refractivity contribution in [3.05, 3.63) is 70.6 Å². The van der Waals surface area contributed by atoms with Gasteiger partial charge in [0.2, 0.25) is 17.6 Å². The average molecular weight is 412 g/mol. The van der Waals surface area contributed by atoms with Crippen LogP contribution in [0.4, 0.5) is 0 Å². The van der Waals surface area contributed by atoms with Crippen molar-refractivity contribution in [1.82, 2.24) is 15.0 Å². The third kappa shape index (κ3) is 5.45. The Bertz CT molecular complexity index is 951. The summed E-state index contributed by atoms with van der Waals surface area (Å²) in [6.07, 6.45) is 0.723. The molecule has 0 aliphatic rings. The summed E-state index contributed by atoms with van der Waals surface area (Å²) in [5.74, 6) is 1.53. The lowest BCUT2D eigenvalue weighted by atomic mass is 10.0. The summed E-state index contributed by atoms with van der Waals surface area (Å²) < 4.78 is 5.34. The molecule has 0 spiro atoms. The molecular weight excluding hydrogens is 386 g/mol. The van der Waals surface area contributed by atoms with Crippen LogP contribution in [0.1, 0.15) is 50.1 Å². The summed E-state index contributed by atoms with van der Waals surface area (Å²) in [5, 5.41) is 4.72. The topological polar surface area (TPSA) is 59.2 Å². The molecule has 0 atom stereocenters. The second kappa shape index (κ2) is 9.70. The maximum absolute atomic E-state index is 12.6. The van der Waals surface area contributed by atoms with E-state index in [-0.39, 0.29) is 5.91 Å². The Morgan fingerprint density at radius 3 is 2.52 bits per heavy atom. The number of aromatic nitrogens is 2. The fourth-order valence-corrected chi connectivity index (χ4v) is 3.27. The number of hydrogen-bond acceptors (Lipinski definition) is 4. The van der Waals surface area contributed by atoms with Gasteiger partial charge in [0.1, 0.15) is 0 Å². The van der Waals surface area contributed by atoms with E-state index in [9.17, 15) is 4.79 Å². The van der Waals surface area contributed by atoms with E-state index in [1.807, 2.05) is 43.3 Å². The molecule has 5 nitrogen and oxygen atoms in total. The first-order chi connectivity index (χ1) is 14.0. The third-order valence-electron chi connectivity index (χ3n) is 4.91. The van der Waals surface area contributed by atoms with Gasteiger partial charge in [-0.05, 0) is 30.0 Å². The number of aryl methyl sites for hydroxylation is 1. The van der Waals surface area contributed by atoms with Gasteiger partial charge in [0.05, 0.1) is 0 Å². The maximum atomic E-state index is 12.6. The van der Waals surface area contributed by atoms with Gasteiger partial charge in [0.25, 0.3) is 0 Å². The van der Waals surface area contributed by atoms with Crippen LogP contribution >= 0.6 is 11.6 Å². The van der Waals surface area contributed by atoms with Gasteiger partial charge in [-0.25, -0.2) is 0 Å². The molecule has 3 rings (SSSR count). The van der Waals surface area contributed by atoms with Crippen LogP contribution in [0, 0.1) is 0 Å². The zero-order chi connectivity index (χ0) is 20.8. The molecule has 1 heterocycles. The van der Waals surface area contributed by atoms with Crippen LogP contribution in [0.25, 0.3) is 11.4 Å². The predicted octanol–water partition coefficient (Wildman–Crippen LogP) is 5.49. The van der Waals surface area contributed by atoms with Crippen LogP contribution < -0.4 is 0 Å². The molecular formula is C23H26ClN3O2. The fraction of sp³-hybridized carbons (Fsp3) is 0.348. The summed E-state index contributed by atoms with van der Waals surface area (Å²) in [4.78, 5) is 18.9. The minimum Gasteiger partial charge on any atom is -0.339 e. The SMILES string of the molecule is CCN(Cc1ccccc1Cl)C(=O)CCc1nc(-c2ccc(C(C)C)cc2)no1. The quantitative estimate of drug-likeness (QED) is 0.491. The Morgan fingerprint density at radius 1 is 1.14 bits per heavy atom. The molecule has 1 amide bonds. The lowest BCUT2D eigenvalue weighted by Crippen LogP contribution is -2.30. The minimum atomic E-state index is 0.0356. The van der Waals surface area contributed by atoms with Gasteiger partial charge in [-0.15, -0.1) is 0 Å². The lowest BCUT2D eigenvalue weighted by molar-refractivity contribution is -0.131. The summed E-state index contributed by atoms with van der Waals surface area (Å²) in [7, 11) is 0. The molecule has 0 saturated heterocycles. The van der Waals surface area contributed by atoms with Crippen LogP contribution in [-0.2, 0) is 17.8 Å². The smallest absolute Gasteiger partial charge is 0.227 e. The van der Waals surface area contributed by atoms with Crippen molar-refractivity contribution in [1.29, 1.82) is 0 Å². The summed E-state index contributed by atoms with van der Waals surface area (Å²) in [6.45, 7) is 7.38. The summed E-state index contributed by atoms with van der Waals surface area (Å²) in [5.41, 5.74) is 3.11. The first-order valence-corrected chi connectivity index (χ1v) is 10.3. The number of rotatable bonds is 8. The second-order valence-corrected chi connectivity index (χ2v) is 7.69. The third-order valence-corrected chi connectivity index (χ3v) is 5.28. The van der Waals surface area contributed by atoms with Crippen LogP contribution in [0.5, 0.6) is 0 Å². The number of amides is 1. The molecule has 0 fully saturated rings. The monoisotopic (exact) mass is 411 g/mol. The number of carbonyl (C=O) groups excluding carboxylic acids is 1. The van der Waals surface area contributed by atoms with E-state index in [4.69, 9.17) is 16.1 Å². The molecule has 0 saturated carbocycles. The van der Waals surface area contributed by atoms with Gasteiger partial charge >= 0.3 is 0 Å². The van der Waals surface area contributed by atoms with Crippen LogP contribution in [0.3, 0.4) is 0 Å². The van der Waals surface area contributed by atoms with E-state index < -0.39 is 0 Å². The Labute approximate surface area is 176 Å². The highest BCUT2D eigenvalue weighted by Crippen LogP contribution is 2.21. The van der Waals surface area contributed by atoms with Gasteiger partial charge in [0, 0.05) is 36.5 Å². The highest BCUT2D eigenvalue weighted by atomic mass is 35.5. The highest BCUT2D eigenvalue weighted by molar-refractivity contribution is 6.31. The molecule has 1 aromatic heterocycles. The Hall–Kier alpha value is -2.66. The Kier molecular flexibility index (Phi) is 7.04. The van der Waals surface area contributed by atoms with Crippen LogP contribution in [0.2, 0.25) is 5.02 Å². The second-order valence-electron chi connectivity index (χ2n) is 7.29. The number of nitrogens with zero attached hydrogens (tertiary/aromatic N) is 3. The van der Waals surface area contributed by atoms with Crippen molar-refractivity contribution in [2.24, 2.45) is 0 Å². The normalized spacial score (nSPS) is 11.1. The molecule has 0 aliphatic carbocycles. The first-order valence-electron chi connectivity index (χ1n) is 9.92. The summed E-state index contributed by atoms with van der Waals surface area (Å²) >= 11 is 6.22. The molecule has 2 aromatic carbocycles. The Morgan fingerprint density at radius 2 is 1.86 bits per heavy atom. The van der Waals surface area contributed by atoms with Gasteiger partial charge in [-0.1, -0.05) is 73.1 Å². The number of carbonyl (C=O) groups is 1. The van der Waals surface area contributed by atoms with E-state index >= 15 is 0 Å².